The van der Waals surface area contributed by atoms with Gasteiger partial charge in [0.2, 0.25) is 0 Å². The van der Waals surface area contributed by atoms with Crippen LogP contribution in [0.4, 0.5) is 0 Å². The van der Waals surface area contributed by atoms with E-state index in [1.54, 1.807) is 4.90 Å². The molecule has 0 fully saturated rings. The maximum Gasteiger partial charge on any atom is 0.103 e. The van der Waals surface area contributed by atoms with Crippen LogP contribution in [0.15, 0.2) is 30.3 Å². The van der Waals surface area contributed by atoms with E-state index >= 15 is 0 Å². The number of nitrogens with one attached hydrogen (secondary N) is 1. The van der Waals surface area contributed by atoms with E-state index in [4.69, 9.17) is 0 Å². The van der Waals surface area contributed by atoms with Gasteiger partial charge in [-0.2, -0.15) is 0 Å². The smallest absolute Gasteiger partial charge is 0.103 e. The molecule has 1 aromatic carbocycles. The highest BCUT2D eigenvalue weighted by Gasteiger charge is 2.02. The van der Waals surface area contributed by atoms with Crippen molar-refractivity contribution in [2.45, 2.75) is 77.7 Å². The fourth-order valence-electron chi connectivity index (χ4n) is 2.95. The van der Waals surface area contributed by atoms with Gasteiger partial charge in [0, 0.05) is 5.56 Å². The molecule has 0 saturated carbocycles. The van der Waals surface area contributed by atoms with Gasteiger partial charge < -0.3 is 4.90 Å². The lowest BCUT2D eigenvalue weighted by Crippen LogP contribution is -3.07. The second kappa shape index (κ2) is 12.9. The van der Waals surface area contributed by atoms with E-state index < -0.39 is 0 Å². The molecule has 0 aromatic heterocycles. The Labute approximate surface area is 132 Å². The van der Waals surface area contributed by atoms with Crippen LogP contribution in [0.5, 0.6) is 0 Å². The molecule has 1 heteroatoms. The van der Waals surface area contributed by atoms with Crippen LogP contribution < -0.4 is 4.90 Å². The summed E-state index contributed by atoms with van der Waals surface area (Å²) in [5.74, 6) is 0. The summed E-state index contributed by atoms with van der Waals surface area (Å²) in [4.78, 5) is 1.64. The van der Waals surface area contributed by atoms with E-state index in [9.17, 15) is 0 Å². The number of unbranched alkanes of at least 4 members (excludes halogenated alkanes) is 9. The highest BCUT2D eigenvalue weighted by molar-refractivity contribution is 5.13. The number of rotatable bonds is 13. The molecule has 1 rings (SSSR count). The largest absolute Gasteiger partial charge is 0.334 e. The van der Waals surface area contributed by atoms with E-state index in [0.29, 0.717) is 0 Å². The van der Waals surface area contributed by atoms with E-state index in [0.717, 1.165) is 6.54 Å². The molecular formula is C20H36N+. The van der Waals surface area contributed by atoms with Gasteiger partial charge in [0.1, 0.15) is 6.54 Å². The van der Waals surface area contributed by atoms with Gasteiger partial charge in [0.25, 0.3) is 0 Å². The van der Waals surface area contributed by atoms with Crippen molar-refractivity contribution in [2.24, 2.45) is 0 Å². The quantitative estimate of drug-likeness (QED) is 0.506. The summed E-state index contributed by atoms with van der Waals surface area (Å²) in [6, 6.07) is 10.9. The molecule has 0 saturated heterocycles. The van der Waals surface area contributed by atoms with Crippen LogP contribution in [0.25, 0.3) is 0 Å². The van der Waals surface area contributed by atoms with Crippen molar-refractivity contribution in [3.05, 3.63) is 35.9 Å². The van der Waals surface area contributed by atoms with Gasteiger partial charge in [0.05, 0.1) is 13.6 Å². The monoisotopic (exact) mass is 290 g/mol. The summed E-state index contributed by atoms with van der Waals surface area (Å²) >= 11 is 0. The molecule has 0 bridgehead atoms. The molecule has 0 spiro atoms. The first kappa shape index (κ1) is 18.2. The molecule has 1 unspecified atom stereocenters. The van der Waals surface area contributed by atoms with Gasteiger partial charge in [-0.05, 0) is 12.8 Å². The minimum Gasteiger partial charge on any atom is -0.334 e. The minimum atomic E-state index is 1.16. The summed E-state index contributed by atoms with van der Waals surface area (Å²) in [6.45, 7) is 4.76. The Morgan fingerprint density at radius 3 is 1.81 bits per heavy atom. The van der Waals surface area contributed by atoms with Crippen molar-refractivity contribution in [2.75, 3.05) is 13.6 Å². The van der Waals surface area contributed by atoms with E-state index in [1.807, 2.05) is 0 Å². The van der Waals surface area contributed by atoms with Crippen LogP contribution in [0.3, 0.4) is 0 Å². The van der Waals surface area contributed by atoms with Crippen LogP contribution in [0.1, 0.15) is 76.7 Å². The summed E-state index contributed by atoms with van der Waals surface area (Å²) in [5.41, 5.74) is 1.46. The molecule has 0 aliphatic carbocycles. The van der Waals surface area contributed by atoms with Gasteiger partial charge in [0.15, 0.2) is 0 Å². The first-order chi connectivity index (χ1) is 10.3. The van der Waals surface area contributed by atoms with Gasteiger partial charge in [-0.25, -0.2) is 0 Å². The van der Waals surface area contributed by atoms with Crippen molar-refractivity contribution in [3.8, 4) is 0 Å². The third-order valence-corrected chi connectivity index (χ3v) is 4.31. The Kier molecular flexibility index (Phi) is 11.2. The number of hydrogen-bond donors (Lipinski definition) is 1. The number of hydrogen-bond acceptors (Lipinski definition) is 0. The first-order valence-electron chi connectivity index (χ1n) is 9.18. The van der Waals surface area contributed by atoms with Crippen molar-refractivity contribution >= 4 is 0 Å². The average molecular weight is 291 g/mol. The number of quaternary nitrogens is 1. The van der Waals surface area contributed by atoms with Crippen molar-refractivity contribution < 1.29 is 4.90 Å². The second-order valence-corrected chi connectivity index (χ2v) is 6.55. The van der Waals surface area contributed by atoms with Gasteiger partial charge >= 0.3 is 0 Å². The third-order valence-electron chi connectivity index (χ3n) is 4.31. The standard InChI is InChI=1S/C20H35N/c1-3-4-5-6-7-8-9-10-11-15-18-21(2)19-20-16-13-12-14-17-20/h12-14,16-17H,3-11,15,18-19H2,1-2H3/p+1. The normalized spacial score (nSPS) is 12.5. The molecule has 0 heterocycles. The van der Waals surface area contributed by atoms with Crippen LogP contribution in [-0.4, -0.2) is 13.6 Å². The summed E-state index contributed by atoms with van der Waals surface area (Å²) in [5, 5.41) is 0. The van der Waals surface area contributed by atoms with Gasteiger partial charge in [-0.15, -0.1) is 0 Å². The molecule has 0 aliphatic heterocycles. The maximum absolute atomic E-state index is 2.32. The fourth-order valence-corrected chi connectivity index (χ4v) is 2.95. The zero-order valence-corrected chi connectivity index (χ0v) is 14.4. The molecule has 1 atom stereocenters. The Morgan fingerprint density at radius 1 is 0.714 bits per heavy atom. The third kappa shape index (κ3) is 10.5. The molecule has 1 aromatic rings. The molecule has 1 N–H and O–H groups in total. The maximum atomic E-state index is 2.32. The van der Waals surface area contributed by atoms with Crippen LogP contribution in [-0.2, 0) is 6.54 Å². The lowest BCUT2D eigenvalue weighted by molar-refractivity contribution is -0.894. The summed E-state index contributed by atoms with van der Waals surface area (Å²) in [6.07, 6.45) is 14.3. The molecule has 0 aliphatic rings. The number of benzene rings is 1. The minimum absolute atomic E-state index is 1.16. The molecule has 120 valence electrons. The zero-order valence-electron chi connectivity index (χ0n) is 14.4. The second-order valence-electron chi connectivity index (χ2n) is 6.55. The molecular weight excluding hydrogens is 254 g/mol. The summed E-state index contributed by atoms with van der Waals surface area (Å²) in [7, 11) is 2.32. The van der Waals surface area contributed by atoms with E-state index in [2.05, 4.69) is 44.3 Å². The first-order valence-corrected chi connectivity index (χ1v) is 9.18. The Bertz CT molecular complexity index is 320. The van der Waals surface area contributed by atoms with E-state index in [1.165, 1.54) is 76.3 Å². The fraction of sp³-hybridized carbons (Fsp3) is 0.700. The molecule has 21 heavy (non-hydrogen) atoms. The predicted molar refractivity (Wildman–Crippen MR) is 93.7 cm³/mol. The van der Waals surface area contributed by atoms with Gasteiger partial charge in [-0.3, -0.25) is 0 Å². The SMILES string of the molecule is CCCCCCCCCCCC[NH+](C)Cc1ccccc1. The van der Waals surface area contributed by atoms with Crippen molar-refractivity contribution in [1.29, 1.82) is 0 Å². The van der Waals surface area contributed by atoms with Crippen molar-refractivity contribution in [3.63, 3.8) is 0 Å². The van der Waals surface area contributed by atoms with Gasteiger partial charge in [-0.1, -0.05) is 88.6 Å². The average Bonchev–Trinajstić information content (AvgIpc) is 2.50. The Morgan fingerprint density at radius 2 is 1.24 bits per heavy atom. The lowest BCUT2D eigenvalue weighted by Gasteiger charge is -2.13. The lowest BCUT2D eigenvalue weighted by atomic mass is 10.1. The highest BCUT2D eigenvalue weighted by atomic mass is 15.1. The Hall–Kier alpha value is -0.820. The molecule has 0 radical (unpaired) electrons. The highest BCUT2D eigenvalue weighted by Crippen LogP contribution is 2.10. The van der Waals surface area contributed by atoms with E-state index in [-0.39, 0.29) is 0 Å². The van der Waals surface area contributed by atoms with Crippen LogP contribution >= 0.6 is 0 Å². The Balaban J connectivity index is 1.87. The zero-order chi connectivity index (χ0) is 15.2. The molecule has 0 amide bonds. The van der Waals surface area contributed by atoms with Crippen molar-refractivity contribution in [1.82, 2.24) is 0 Å². The predicted octanol–water partition coefficient (Wildman–Crippen LogP) is 4.62. The van der Waals surface area contributed by atoms with Crippen LogP contribution in [0.2, 0.25) is 0 Å². The molecule has 1 nitrogen and oxygen atoms in total. The van der Waals surface area contributed by atoms with Crippen LogP contribution in [0, 0.1) is 0 Å². The topological polar surface area (TPSA) is 4.44 Å². The summed E-state index contributed by atoms with van der Waals surface area (Å²) < 4.78 is 0.